The van der Waals surface area contributed by atoms with Gasteiger partial charge < -0.3 is 4.74 Å². The van der Waals surface area contributed by atoms with Gasteiger partial charge in [0, 0.05) is 20.9 Å². The number of rotatable bonds is 4. The Morgan fingerprint density at radius 1 is 0.419 bits per heavy atom. The molecule has 0 heterocycles. The van der Waals surface area contributed by atoms with Crippen molar-refractivity contribution in [3.8, 4) is 11.5 Å². The van der Waals surface area contributed by atoms with Crippen LogP contribution in [0.15, 0.2) is 101 Å². The summed E-state index contributed by atoms with van der Waals surface area (Å²) in [6.07, 6.45) is 0. The standard InChI is InChI=1S/C21H28O.C20H26S/c1-15-12-13-17(21(5,6)7)19(14-15)22-18-11-9-8-10-16(18)20(2,3)4;1-19(2,3)15-11-7-9-13-17(15)21-18-14-10-8-12-16(18)20(4,5)6/h8-14H,1-7H3;7-14H,1-6H3. The van der Waals surface area contributed by atoms with Gasteiger partial charge >= 0.3 is 0 Å². The summed E-state index contributed by atoms with van der Waals surface area (Å²) in [6.45, 7) is 29.1. The van der Waals surface area contributed by atoms with Gasteiger partial charge in [0.1, 0.15) is 11.5 Å². The maximum atomic E-state index is 6.37. The lowest BCUT2D eigenvalue weighted by atomic mass is 9.85. The van der Waals surface area contributed by atoms with E-state index >= 15 is 0 Å². The maximum absolute atomic E-state index is 6.37. The Hall–Kier alpha value is -2.97. The molecule has 0 fully saturated rings. The highest BCUT2D eigenvalue weighted by atomic mass is 32.2. The quantitative estimate of drug-likeness (QED) is 0.232. The van der Waals surface area contributed by atoms with Gasteiger partial charge in [-0.2, -0.15) is 0 Å². The second kappa shape index (κ2) is 13.3. The zero-order valence-electron chi connectivity index (χ0n) is 29.0. The summed E-state index contributed by atoms with van der Waals surface area (Å²) in [4.78, 5) is 2.73. The lowest BCUT2D eigenvalue weighted by Gasteiger charge is -2.26. The first-order chi connectivity index (χ1) is 19.8. The number of hydrogen-bond acceptors (Lipinski definition) is 2. The fraction of sp³-hybridized carbons (Fsp3) is 0.415. The number of para-hydroxylation sites is 1. The zero-order valence-corrected chi connectivity index (χ0v) is 29.8. The van der Waals surface area contributed by atoms with Crippen LogP contribution in [0.5, 0.6) is 11.5 Å². The van der Waals surface area contributed by atoms with E-state index in [1.807, 2.05) is 17.8 Å². The van der Waals surface area contributed by atoms with Gasteiger partial charge in [-0.15, -0.1) is 0 Å². The molecule has 0 saturated carbocycles. The van der Waals surface area contributed by atoms with Crippen molar-refractivity contribution in [3.05, 3.63) is 119 Å². The van der Waals surface area contributed by atoms with Crippen LogP contribution in [0.2, 0.25) is 0 Å². The Labute approximate surface area is 267 Å². The Bertz CT molecular complexity index is 1440. The smallest absolute Gasteiger partial charge is 0.131 e. The number of benzene rings is 4. The van der Waals surface area contributed by atoms with Gasteiger partial charge in [-0.25, -0.2) is 0 Å². The Morgan fingerprint density at radius 3 is 1.23 bits per heavy atom. The molecule has 4 aromatic carbocycles. The molecule has 0 aliphatic heterocycles. The first-order valence-corrected chi connectivity index (χ1v) is 16.4. The fourth-order valence-electron chi connectivity index (χ4n) is 5.10. The molecule has 0 amide bonds. The third-order valence-electron chi connectivity index (χ3n) is 7.47. The Morgan fingerprint density at radius 2 is 0.791 bits per heavy atom. The van der Waals surface area contributed by atoms with E-state index in [-0.39, 0.29) is 21.7 Å². The fourth-order valence-corrected chi connectivity index (χ4v) is 6.59. The number of aryl methyl sites for hydroxylation is 1. The van der Waals surface area contributed by atoms with Crippen molar-refractivity contribution in [3.63, 3.8) is 0 Å². The van der Waals surface area contributed by atoms with E-state index in [9.17, 15) is 0 Å². The molecule has 2 heteroatoms. The molecule has 0 bridgehead atoms. The summed E-state index contributed by atoms with van der Waals surface area (Å²) in [5.41, 5.74) is 6.97. The molecular formula is C41H54OS. The van der Waals surface area contributed by atoms with Crippen LogP contribution in [-0.4, -0.2) is 0 Å². The number of hydrogen-bond donors (Lipinski definition) is 0. The van der Waals surface area contributed by atoms with Crippen molar-refractivity contribution in [2.24, 2.45) is 0 Å². The van der Waals surface area contributed by atoms with Gasteiger partial charge in [-0.05, 0) is 69.5 Å². The topological polar surface area (TPSA) is 9.23 Å². The average molecular weight is 595 g/mol. The van der Waals surface area contributed by atoms with E-state index in [1.165, 1.54) is 37.6 Å². The monoisotopic (exact) mass is 594 g/mol. The van der Waals surface area contributed by atoms with Gasteiger partial charge in [0.05, 0.1) is 0 Å². The minimum Gasteiger partial charge on any atom is -0.457 e. The molecule has 1 nitrogen and oxygen atoms in total. The van der Waals surface area contributed by atoms with Crippen LogP contribution in [0.4, 0.5) is 0 Å². The van der Waals surface area contributed by atoms with E-state index < -0.39 is 0 Å². The summed E-state index contributed by atoms with van der Waals surface area (Å²) >= 11 is 1.89. The lowest BCUT2D eigenvalue weighted by molar-refractivity contribution is 0.436. The maximum Gasteiger partial charge on any atom is 0.131 e. The van der Waals surface area contributed by atoms with Gasteiger partial charge in [-0.3, -0.25) is 0 Å². The SMILES string of the molecule is CC(C)(C)c1ccccc1Sc1ccccc1C(C)(C)C.Cc1ccc(C(C)(C)C)c(Oc2ccccc2C(C)(C)C)c1. The number of ether oxygens (including phenoxy) is 1. The summed E-state index contributed by atoms with van der Waals surface area (Å²) in [7, 11) is 0. The predicted molar refractivity (Wildman–Crippen MR) is 190 cm³/mol. The van der Waals surface area contributed by atoms with Crippen LogP contribution in [0.3, 0.4) is 0 Å². The summed E-state index contributed by atoms with van der Waals surface area (Å²) < 4.78 is 6.37. The predicted octanol–water partition coefficient (Wildman–Crippen LogP) is 12.8. The normalized spacial score (nSPS) is 12.4. The Kier molecular flexibility index (Phi) is 10.7. The lowest BCUT2D eigenvalue weighted by Crippen LogP contribution is -2.15. The average Bonchev–Trinajstić information content (AvgIpc) is 2.87. The van der Waals surface area contributed by atoms with E-state index in [0.717, 1.165) is 11.5 Å². The first kappa shape index (κ1) is 34.5. The van der Waals surface area contributed by atoms with Gasteiger partial charge in [0.15, 0.2) is 0 Å². The third-order valence-corrected chi connectivity index (χ3v) is 8.62. The molecule has 0 unspecified atom stereocenters. The van der Waals surface area contributed by atoms with E-state index in [2.05, 4.69) is 175 Å². The van der Waals surface area contributed by atoms with Crippen LogP contribution in [0, 0.1) is 6.92 Å². The van der Waals surface area contributed by atoms with Crippen molar-refractivity contribution in [1.82, 2.24) is 0 Å². The highest BCUT2D eigenvalue weighted by Gasteiger charge is 2.24. The van der Waals surface area contributed by atoms with Crippen LogP contribution in [0.1, 0.15) is 111 Å². The molecule has 0 saturated heterocycles. The molecule has 230 valence electrons. The molecule has 43 heavy (non-hydrogen) atoms. The van der Waals surface area contributed by atoms with Crippen LogP contribution < -0.4 is 4.74 Å². The minimum atomic E-state index is 0.0553. The molecule has 0 aliphatic carbocycles. The van der Waals surface area contributed by atoms with Crippen LogP contribution in [-0.2, 0) is 21.7 Å². The summed E-state index contributed by atoms with van der Waals surface area (Å²) in [5.74, 6) is 1.91. The second-order valence-electron chi connectivity index (χ2n) is 15.7. The highest BCUT2D eigenvalue weighted by molar-refractivity contribution is 7.99. The first-order valence-electron chi connectivity index (χ1n) is 15.5. The van der Waals surface area contributed by atoms with Crippen molar-refractivity contribution < 1.29 is 4.74 Å². The molecule has 0 aliphatic rings. The minimum absolute atomic E-state index is 0.0553. The molecule has 0 atom stereocenters. The highest BCUT2D eigenvalue weighted by Crippen LogP contribution is 2.41. The Balaban J connectivity index is 0.000000236. The molecule has 0 N–H and O–H groups in total. The van der Waals surface area contributed by atoms with Gasteiger partial charge in [0.25, 0.3) is 0 Å². The van der Waals surface area contributed by atoms with E-state index in [1.54, 1.807) is 0 Å². The second-order valence-corrected chi connectivity index (χ2v) is 16.8. The zero-order chi connectivity index (χ0) is 32.2. The molecule has 4 rings (SSSR count). The van der Waals surface area contributed by atoms with Gasteiger partial charge in [0.2, 0.25) is 0 Å². The van der Waals surface area contributed by atoms with Gasteiger partial charge in [-0.1, -0.05) is 162 Å². The van der Waals surface area contributed by atoms with Crippen LogP contribution in [0.25, 0.3) is 0 Å². The molecular weight excluding hydrogens is 541 g/mol. The molecule has 0 aromatic heterocycles. The van der Waals surface area contributed by atoms with Crippen molar-refractivity contribution in [1.29, 1.82) is 0 Å². The summed E-state index contributed by atoms with van der Waals surface area (Å²) in [6, 6.07) is 32.4. The molecule has 4 aromatic rings. The third kappa shape index (κ3) is 9.51. The van der Waals surface area contributed by atoms with Crippen molar-refractivity contribution in [2.45, 2.75) is 121 Å². The summed E-state index contributed by atoms with van der Waals surface area (Å²) in [5, 5.41) is 0. The van der Waals surface area contributed by atoms with Crippen molar-refractivity contribution in [2.75, 3.05) is 0 Å². The van der Waals surface area contributed by atoms with E-state index in [0.29, 0.717) is 0 Å². The largest absolute Gasteiger partial charge is 0.457 e. The van der Waals surface area contributed by atoms with Crippen LogP contribution >= 0.6 is 11.8 Å². The van der Waals surface area contributed by atoms with E-state index in [4.69, 9.17) is 4.74 Å². The molecule has 0 radical (unpaired) electrons. The van der Waals surface area contributed by atoms with Crippen molar-refractivity contribution >= 4 is 11.8 Å². The molecule has 0 spiro atoms.